The minimum absolute atomic E-state index is 0.0944. The topological polar surface area (TPSA) is 72.4 Å². The van der Waals surface area contributed by atoms with Gasteiger partial charge in [0, 0.05) is 19.6 Å². The molecule has 1 N–H and O–H groups in total. The van der Waals surface area contributed by atoms with Crippen molar-refractivity contribution < 1.29 is 19.0 Å². The number of methoxy groups -OCH3 is 1. The number of nitrogens with one attached hydrogen (secondary N) is 1. The summed E-state index contributed by atoms with van der Waals surface area (Å²) in [7, 11) is 1.63. The number of hydrogen-bond donors (Lipinski definition) is 1. The maximum atomic E-state index is 12.1. The molecule has 2 rings (SSSR count). The minimum atomic E-state index is -0.112. The summed E-state index contributed by atoms with van der Waals surface area (Å²) in [6.07, 6.45) is 1.82. The fourth-order valence-electron chi connectivity index (χ4n) is 3.30. The lowest BCUT2D eigenvalue weighted by molar-refractivity contribution is -0.149. The molecule has 7 nitrogen and oxygen atoms in total. The molecule has 0 spiro atoms. The SMILES string of the molecule is CCNC(=NCc1ccc(OC)c(OCC)c1)N1CCCC(C(=O)OCC)C1. The molecular weight excluding hydrogens is 358 g/mol. The number of benzene rings is 1. The Bertz CT molecular complexity index is 663. The summed E-state index contributed by atoms with van der Waals surface area (Å²) in [4.78, 5) is 19.1. The molecule has 0 amide bonds. The van der Waals surface area contributed by atoms with E-state index in [2.05, 4.69) is 10.2 Å². The van der Waals surface area contributed by atoms with Gasteiger partial charge >= 0.3 is 5.97 Å². The summed E-state index contributed by atoms with van der Waals surface area (Å²) >= 11 is 0. The molecule has 1 aliphatic heterocycles. The number of hydrogen-bond acceptors (Lipinski definition) is 5. The molecule has 0 aromatic heterocycles. The van der Waals surface area contributed by atoms with Crippen molar-refractivity contribution >= 4 is 11.9 Å². The summed E-state index contributed by atoms with van der Waals surface area (Å²) < 4.78 is 16.2. The van der Waals surface area contributed by atoms with E-state index in [4.69, 9.17) is 19.2 Å². The Morgan fingerprint density at radius 2 is 2.07 bits per heavy atom. The van der Waals surface area contributed by atoms with Crippen LogP contribution in [0.25, 0.3) is 0 Å². The van der Waals surface area contributed by atoms with Crippen LogP contribution in [0.5, 0.6) is 11.5 Å². The Hall–Kier alpha value is -2.44. The van der Waals surface area contributed by atoms with Crippen LogP contribution in [-0.4, -0.2) is 56.8 Å². The Labute approximate surface area is 168 Å². The van der Waals surface area contributed by atoms with Gasteiger partial charge in [-0.3, -0.25) is 4.79 Å². The number of rotatable bonds is 8. The third kappa shape index (κ3) is 6.04. The smallest absolute Gasteiger partial charge is 0.310 e. The van der Waals surface area contributed by atoms with Crippen molar-refractivity contribution in [2.45, 2.75) is 40.2 Å². The second kappa shape index (κ2) is 11.4. The van der Waals surface area contributed by atoms with Gasteiger partial charge in [-0.15, -0.1) is 0 Å². The van der Waals surface area contributed by atoms with Gasteiger partial charge in [-0.05, 0) is 51.3 Å². The summed E-state index contributed by atoms with van der Waals surface area (Å²) in [5, 5.41) is 3.34. The van der Waals surface area contributed by atoms with E-state index in [0.29, 0.717) is 26.3 Å². The molecular formula is C21H33N3O4. The fourth-order valence-corrected chi connectivity index (χ4v) is 3.30. The lowest BCUT2D eigenvalue weighted by Gasteiger charge is -2.34. The molecule has 1 fully saturated rings. The van der Waals surface area contributed by atoms with E-state index < -0.39 is 0 Å². The predicted octanol–water partition coefficient (Wildman–Crippen LogP) is 2.83. The van der Waals surface area contributed by atoms with Crippen LogP contribution in [-0.2, 0) is 16.1 Å². The zero-order chi connectivity index (χ0) is 20.4. The summed E-state index contributed by atoms with van der Waals surface area (Å²) in [5.41, 5.74) is 1.04. The predicted molar refractivity (Wildman–Crippen MR) is 110 cm³/mol. The van der Waals surface area contributed by atoms with E-state index in [1.807, 2.05) is 39.0 Å². The number of ether oxygens (including phenoxy) is 3. The molecule has 0 radical (unpaired) electrons. The summed E-state index contributed by atoms with van der Waals surface area (Å²) in [6.45, 7) is 9.64. The lowest BCUT2D eigenvalue weighted by Crippen LogP contribution is -2.48. The highest BCUT2D eigenvalue weighted by molar-refractivity contribution is 5.81. The average molecular weight is 392 g/mol. The van der Waals surface area contributed by atoms with Crippen LogP contribution in [0, 0.1) is 5.92 Å². The first-order valence-electron chi connectivity index (χ1n) is 10.1. The molecule has 156 valence electrons. The van der Waals surface area contributed by atoms with Crippen LogP contribution in [0.1, 0.15) is 39.2 Å². The van der Waals surface area contributed by atoms with Gasteiger partial charge in [0.1, 0.15) is 0 Å². The van der Waals surface area contributed by atoms with E-state index >= 15 is 0 Å². The van der Waals surface area contributed by atoms with Gasteiger partial charge < -0.3 is 24.4 Å². The van der Waals surface area contributed by atoms with Crippen molar-refractivity contribution in [1.82, 2.24) is 10.2 Å². The van der Waals surface area contributed by atoms with E-state index in [9.17, 15) is 4.79 Å². The molecule has 0 saturated carbocycles. The quantitative estimate of drug-likeness (QED) is 0.417. The monoisotopic (exact) mass is 391 g/mol. The maximum absolute atomic E-state index is 12.1. The highest BCUT2D eigenvalue weighted by Crippen LogP contribution is 2.28. The number of likely N-dealkylation sites (tertiary alicyclic amines) is 1. The molecule has 1 heterocycles. The van der Waals surface area contributed by atoms with Crippen molar-refractivity contribution in [3.8, 4) is 11.5 Å². The van der Waals surface area contributed by atoms with Crippen LogP contribution in [0.4, 0.5) is 0 Å². The highest BCUT2D eigenvalue weighted by Gasteiger charge is 2.28. The largest absolute Gasteiger partial charge is 0.493 e. The molecule has 1 aromatic carbocycles. The molecule has 0 bridgehead atoms. The lowest BCUT2D eigenvalue weighted by atomic mass is 9.98. The third-order valence-corrected chi connectivity index (χ3v) is 4.62. The Kier molecular flexibility index (Phi) is 8.91. The number of nitrogens with zero attached hydrogens (tertiary/aromatic N) is 2. The van der Waals surface area contributed by atoms with Crippen LogP contribution < -0.4 is 14.8 Å². The van der Waals surface area contributed by atoms with Crippen LogP contribution >= 0.6 is 0 Å². The van der Waals surface area contributed by atoms with Crippen LogP contribution in [0.3, 0.4) is 0 Å². The fraction of sp³-hybridized carbons (Fsp3) is 0.619. The number of esters is 1. The number of guanidine groups is 1. The van der Waals surface area contributed by atoms with Gasteiger partial charge in [-0.25, -0.2) is 4.99 Å². The van der Waals surface area contributed by atoms with E-state index in [1.54, 1.807) is 7.11 Å². The van der Waals surface area contributed by atoms with E-state index in [-0.39, 0.29) is 11.9 Å². The van der Waals surface area contributed by atoms with Gasteiger partial charge in [-0.2, -0.15) is 0 Å². The third-order valence-electron chi connectivity index (χ3n) is 4.62. The first-order chi connectivity index (χ1) is 13.6. The molecule has 1 aromatic rings. The van der Waals surface area contributed by atoms with Gasteiger partial charge in [0.25, 0.3) is 0 Å². The molecule has 28 heavy (non-hydrogen) atoms. The zero-order valence-electron chi connectivity index (χ0n) is 17.5. The van der Waals surface area contributed by atoms with E-state index in [1.165, 1.54) is 0 Å². The standard InChI is InChI=1S/C21H33N3O4/c1-5-22-21(24-12-8-9-17(15-24)20(25)28-7-3)23-14-16-10-11-18(26-4)19(13-16)27-6-2/h10-11,13,17H,5-9,12,14-15H2,1-4H3,(H,22,23). The van der Waals surface area contributed by atoms with Crippen molar-refractivity contribution in [3.05, 3.63) is 23.8 Å². The first-order valence-corrected chi connectivity index (χ1v) is 10.1. The molecule has 1 aliphatic rings. The second-order valence-electron chi connectivity index (χ2n) is 6.63. The van der Waals surface area contributed by atoms with Crippen molar-refractivity contribution in [1.29, 1.82) is 0 Å². The van der Waals surface area contributed by atoms with Crippen LogP contribution in [0.2, 0.25) is 0 Å². The van der Waals surface area contributed by atoms with Gasteiger partial charge in [0.2, 0.25) is 0 Å². The van der Waals surface area contributed by atoms with Gasteiger partial charge in [-0.1, -0.05) is 6.07 Å². The molecule has 1 atom stereocenters. The van der Waals surface area contributed by atoms with Gasteiger partial charge in [0.15, 0.2) is 17.5 Å². The Balaban J connectivity index is 2.11. The summed E-state index contributed by atoms with van der Waals surface area (Å²) in [6, 6.07) is 5.86. The molecule has 1 saturated heterocycles. The van der Waals surface area contributed by atoms with Gasteiger partial charge in [0.05, 0.1) is 32.8 Å². The zero-order valence-corrected chi connectivity index (χ0v) is 17.5. The number of aliphatic imine (C=N–C) groups is 1. The number of carbonyl (C=O) groups excluding carboxylic acids is 1. The molecule has 7 heteroatoms. The van der Waals surface area contributed by atoms with Crippen molar-refractivity contribution in [3.63, 3.8) is 0 Å². The maximum Gasteiger partial charge on any atom is 0.310 e. The van der Waals surface area contributed by atoms with Crippen molar-refractivity contribution in [2.75, 3.05) is 40.0 Å². The second-order valence-corrected chi connectivity index (χ2v) is 6.63. The molecule has 1 unspecified atom stereocenters. The number of piperidine rings is 1. The minimum Gasteiger partial charge on any atom is -0.493 e. The first kappa shape index (κ1) is 21.9. The van der Waals surface area contributed by atoms with Crippen molar-refractivity contribution in [2.24, 2.45) is 10.9 Å². The average Bonchev–Trinajstić information content (AvgIpc) is 2.72. The Morgan fingerprint density at radius 3 is 2.75 bits per heavy atom. The number of carbonyl (C=O) groups is 1. The normalized spacial score (nSPS) is 17.2. The van der Waals surface area contributed by atoms with Crippen LogP contribution in [0.15, 0.2) is 23.2 Å². The van der Waals surface area contributed by atoms with E-state index in [0.717, 1.165) is 49.0 Å². The molecule has 0 aliphatic carbocycles. The summed E-state index contributed by atoms with van der Waals surface area (Å²) in [5.74, 6) is 2.06. The highest BCUT2D eigenvalue weighted by atomic mass is 16.5. The Morgan fingerprint density at radius 1 is 1.25 bits per heavy atom.